The Bertz CT molecular complexity index is 191. The molecule has 1 heterocycles. The van der Waals surface area contributed by atoms with Crippen LogP contribution in [0.3, 0.4) is 0 Å². The molecule has 0 aliphatic carbocycles. The maximum Gasteiger partial charge on any atom is 0.0647 e. The molecule has 1 rings (SSSR count). The zero-order valence-electron chi connectivity index (χ0n) is 11.0. The molecule has 16 heavy (non-hydrogen) atoms. The molecule has 0 radical (unpaired) electrons. The van der Waals surface area contributed by atoms with Gasteiger partial charge < -0.3 is 9.64 Å². The summed E-state index contributed by atoms with van der Waals surface area (Å²) in [4.78, 5) is 2.43. The van der Waals surface area contributed by atoms with Crippen LogP contribution >= 0.6 is 0 Å². The van der Waals surface area contributed by atoms with Gasteiger partial charge >= 0.3 is 0 Å². The molecule has 0 spiro atoms. The molecule has 1 unspecified atom stereocenters. The third-order valence-electron chi connectivity index (χ3n) is 3.26. The van der Waals surface area contributed by atoms with Crippen LogP contribution in [0.2, 0.25) is 0 Å². The van der Waals surface area contributed by atoms with E-state index in [1.54, 1.807) is 0 Å². The van der Waals surface area contributed by atoms with E-state index in [2.05, 4.69) is 31.0 Å². The van der Waals surface area contributed by atoms with Crippen LogP contribution in [0, 0.1) is 5.92 Å². The predicted octanol–water partition coefficient (Wildman–Crippen LogP) is 3.09. The number of likely N-dealkylation sites (tertiary alicyclic amines) is 1. The van der Waals surface area contributed by atoms with Crippen molar-refractivity contribution in [2.45, 2.75) is 39.0 Å². The smallest absolute Gasteiger partial charge is 0.0647 e. The summed E-state index contributed by atoms with van der Waals surface area (Å²) in [6, 6.07) is 0. The molecule has 1 atom stereocenters. The van der Waals surface area contributed by atoms with E-state index < -0.39 is 0 Å². The zero-order valence-corrected chi connectivity index (χ0v) is 11.0. The third kappa shape index (κ3) is 6.29. The Kier molecular flexibility index (Phi) is 7.52. The summed E-state index contributed by atoms with van der Waals surface area (Å²) in [5, 5.41) is 0. The van der Waals surface area contributed by atoms with E-state index >= 15 is 0 Å². The molecule has 1 aliphatic rings. The molecular weight excluding hydrogens is 198 g/mol. The Morgan fingerprint density at radius 2 is 2.12 bits per heavy atom. The fourth-order valence-corrected chi connectivity index (χ4v) is 2.13. The minimum atomic E-state index is 0.782. The topological polar surface area (TPSA) is 12.5 Å². The molecule has 2 heteroatoms. The van der Waals surface area contributed by atoms with Crippen molar-refractivity contribution in [3.05, 3.63) is 12.2 Å². The van der Waals surface area contributed by atoms with Crippen molar-refractivity contribution < 1.29 is 4.74 Å². The fraction of sp³-hybridized carbons (Fsp3) is 0.857. The summed E-state index contributed by atoms with van der Waals surface area (Å²) in [5.41, 5.74) is 0. The largest absolute Gasteiger partial charge is 0.377 e. The van der Waals surface area contributed by atoms with Gasteiger partial charge in [-0.2, -0.15) is 0 Å². The lowest BCUT2D eigenvalue weighted by Crippen LogP contribution is -2.19. The molecular formula is C14H27NO. The Hall–Kier alpha value is -0.340. The predicted molar refractivity (Wildman–Crippen MR) is 69.7 cm³/mol. The summed E-state index contributed by atoms with van der Waals surface area (Å²) in [7, 11) is 2.22. The van der Waals surface area contributed by atoms with Gasteiger partial charge in [-0.3, -0.25) is 0 Å². The monoisotopic (exact) mass is 225 g/mol. The number of ether oxygens (including phenoxy) is 1. The first kappa shape index (κ1) is 13.7. The molecule has 0 aromatic carbocycles. The number of allylic oxidation sites excluding steroid dienone is 1. The first-order valence-electron chi connectivity index (χ1n) is 6.74. The molecule has 0 N–H and O–H groups in total. The van der Waals surface area contributed by atoms with Crippen LogP contribution in [0.5, 0.6) is 0 Å². The highest BCUT2D eigenvalue weighted by molar-refractivity contribution is 4.80. The second-order valence-corrected chi connectivity index (χ2v) is 4.90. The van der Waals surface area contributed by atoms with E-state index in [4.69, 9.17) is 4.74 Å². The van der Waals surface area contributed by atoms with E-state index in [9.17, 15) is 0 Å². The van der Waals surface area contributed by atoms with Gasteiger partial charge in [0.1, 0.15) is 0 Å². The second-order valence-electron chi connectivity index (χ2n) is 4.90. The molecule has 0 amide bonds. The van der Waals surface area contributed by atoms with Crippen LogP contribution in [-0.4, -0.2) is 38.3 Å². The van der Waals surface area contributed by atoms with Gasteiger partial charge in [0.25, 0.3) is 0 Å². The van der Waals surface area contributed by atoms with Crippen molar-refractivity contribution in [3.8, 4) is 0 Å². The van der Waals surface area contributed by atoms with Gasteiger partial charge in [0.2, 0.25) is 0 Å². The van der Waals surface area contributed by atoms with Crippen LogP contribution in [0.15, 0.2) is 12.2 Å². The highest BCUT2D eigenvalue weighted by atomic mass is 16.5. The average molecular weight is 225 g/mol. The molecule has 2 nitrogen and oxygen atoms in total. The first-order chi connectivity index (χ1) is 7.83. The Morgan fingerprint density at radius 1 is 1.25 bits per heavy atom. The zero-order chi connectivity index (χ0) is 11.6. The standard InChI is InChI=1S/C14H27NO/c1-3-4-5-6-12-16-13-14-8-7-10-15(2)11-9-14/h5-6,14H,3-4,7-13H2,1-2H3/b6-5+. The molecule has 1 saturated heterocycles. The van der Waals surface area contributed by atoms with Crippen molar-refractivity contribution >= 4 is 0 Å². The van der Waals surface area contributed by atoms with Crippen LogP contribution in [0.25, 0.3) is 0 Å². The molecule has 0 aromatic rings. The van der Waals surface area contributed by atoms with Gasteiger partial charge in [-0.15, -0.1) is 0 Å². The second kappa shape index (κ2) is 8.77. The van der Waals surface area contributed by atoms with Crippen LogP contribution in [-0.2, 0) is 4.74 Å². The van der Waals surface area contributed by atoms with Gasteiger partial charge in [-0.1, -0.05) is 25.5 Å². The number of rotatable bonds is 6. The summed E-state index contributed by atoms with van der Waals surface area (Å²) in [6.07, 6.45) is 10.8. The van der Waals surface area contributed by atoms with Crippen molar-refractivity contribution in [2.75, 3.05) is 33.4 Å². The number of nitrogens with zero attached hydrogens (tertiary/aromatic N) is 1. The minimum absolute atomic E-state index is 0.782. The van der Waals surface area contributed by atoms with Gasteiger partial charge in [0.05, 0.1) is 6.61 Å². The van der Waals surface area contributed by atoms with E-state index in [1.165, 1.54) is 45.2 Å². The van der Waals surface area contributed by atoms with E-state index in [0.29, 0.717) is 0 Å². The third-order valence-corrected chi connectivity index (χ3v) is 3.26. The maximum atomic E-state index is 5.71. The summed E-state index contributed by atoms with van der Waals surface area (Å²) >= 11 is 0. The maximum absolute atomic E-state index is 5.71. The fourth-order valence-electron chi connectivity index (χ4n) is 2.13. The van der Waals surface area contributed by atoms with Gasteiger partial charge in [0, 0.05) is 6.61 Å². The van der Waals surface area contributed by atoms with Crippen LogP contribution < -0.4 is 0 Å². The van der Waals surface area contributed by atoms with Gasteiger partial charge in [-0.05, 0) is 51.7 Å². The van der Waals surface area contributed by atoms with Crippen molar-refractivity contribution in [1.82, 2.24) is 4.90 Å². The number of unbranched alkanes of at least 4 members (excludes halogenated alkanes) is 1. The van der Waals surface area contributed by atoms with Crippen molar-refractivity contribution in [1.29, 1.82) is 0 Å². The molecule has 0 saturated carbocycles. The molecule has 94 valence electrons. The van der Waals surface area contributed by atoms with Gasteiger partial charge in [0.15, 0.2) is 0 Å². The highest BCUT2D eigenvalue weighted by Crippen LogP contribution is 2.16. The Morgan fingerprint density at radius 3 is 2.94 bits per heavy atom. The highest BCUT2D eigenvalue weighted by Gasteiger charge is 2.14. The Labute approximate surface area is 101 Å². The summed E-state index contributed by atoms with van der Waals surface area (Å²) < 4.78 is 5.71. The summed E-state index contributed by atoms with van der Waals surface area (Å²) in [6.45, 7) is 6.44. The van der Waals surface area contributed by atoms with E-state index in [-0.39, 0.29) is 0 Å². The molecule has 0 aromatic heterocycles. The van der Waals surface area contributed by atoms with Crippen LogP contribution in [0.4, 0.5) is 0 Å². The summed E-state index contributed by atoms with van der Waals surface area (Å²) in [5.74, 6) is 0.782. The van der Waals surface area contributed by atoms with Crippen molar-refractivity contribution in [3.63, 3.8) is 0 Å². The van der Waals surface area contributed by atoms with Crippen molar-refractivity contribution in [2.24, 2.45) is 5.92 Å². The molecule has 1 fully saturated rings. The SMILES string of the molecule is CCC/C=C/COCC1CCCN(C)CC1. The average Bonchev–Trinajstić information content (AvgIpc) is 2.49. The lowest BCUT2D eigenvalue weighted by atomic mass is 10.0. The quantitative estimate of drug-likeness (QED) is 0.509. The minimum Gasteiger partial charge on any atom is -0.377 e. The molecule has 0 bridgehead atoms. The number of hydrogen-bond donors (Lipinski definition) is 0. The van der Waals surface area contributed by atoms with Crippen LogP contribution in [0.1, 0.15) is 39.0 Å². The van der Waals surface area contributed by atoms with Gasteiger partial charge in [-0.25, -0.2) is 0 Å². The Balaban J connectivity index is 2.03. The normalized spacial score (nSPS) is 23.8. The molecule has 1 aliphatic heterocycles. The lowest BCUT2D eigenvalue weighted by Gasteiger charge is -2.14. The number of hydrogen-bond acceptors (Lipinski definition) is 2. The van der Waals surface area contributed by atoms with E-state index in [1.807, 2.05) is 0 Å². The first-order valence-corrected chi connectivity index (χ1v) is 6.74. The lowest BCUT2D eigenvalue weighted by molar-refractivity contribution is 0.116. The van der Waals surface area contributed by atoms with E-state index in [0.717, 1.165) is 19.1 Å².